The van der Waals surface area contributed by atoms with E-state index in [-0.39, 0.29) is 5.78 Å². The van der Waals surface area contributed by atoms with E-state index in [1.807, 2.05) is 30.3 Å². The fraction of sp³-hybridized carbons (Fsp3) is 0.119. The molecule has 0 aromatic heterocycles. The molecule has 0 aliphatic rings. The van der Waals surface area contributed by atoms with E-state index in [1.165, 1.54) is 5.56 Å². The number of nitrogens with zero attached hydrogens (tertiary/aromatic N) is 3. The number of ketones is 1. The minimum Gasteiger partial charge on any atom is -0.289 e. The number of rotatable bonds is 10. The maximum atomic E-state index is 15.4. The van der Waals surface area contributed by atoms with Crippen molar-refractivity contribution < 1.29 is 92.6 Å². The van der Waals surface area contributed by atoms with Gasteiger partial charge in [0.1, 0.15) is 52.7 Å². The third kappa shape index (κ3) is 8.58. The molecule has 0 aliphatic carbocycles. The zero-order valence-corrected chi connectivity index (χ0v) is 34.6. The number of carbonyl (C=O) groups excluding carboxylic acids is 1. The predicted octanol–water partition coefficient (Wildman–Crippen LogP) is 10.6. The first kappa shape index (κ1) is 52.3. The molecule has 0 heterocycles. The summed E-state index contributed by atoms with van der Waals surface area (Å²) < 4.78 is 294. The predicted molar refractivity (Wildman–Crippen MR) is 205 cm³/mol. The van der Waals surface area contributed by atoms with Gasteiger partial charge in [-0.05, 0) is 31.4 Å². The average molecular weight is 1010 g/mol. The topological polar surface area (TPSA) is 65.8 Å². The smallest absolute Gasteiger partial charge is 0.212 e. The van der Waals surface area contributed by atoms with E-state index in [2.05, 4.69) is 42.9 Å². The SMILES string of the molecule is Cc1cc(C)c([S+](CN=[N+]=[N-])CC(=O)c2ccccc2)c(C)c1.Fc1c(F)c(F)c([B-](c2c(F)c(F)c(F)c(F)c2F)(c2c(F)c(F)c(F)c(F)c2F)c2c(F)c(F)c(F)c(F)c2F)c(F)c1F. The molecule has 1 unspecified atom stereocenters. The summed E-state index contributed by atoms with van der Waals surface area (Å²) in [5.41, 5.74) is -1.45. The molecule has 0 bridgehead atoms. The van der Waals surface area contributed by atoms with Gasteiger partial charge in [0.05, 0.1) is 0 Å². The molecule has 0 aliphatic heterocycles. The van der Waals surface area contributed by atoms with Gasteiger partial charge in [-0.2, -0.15) is 0 Å². The van der Waals surface area contributed by atoms with Gasteiger partial charge in [-0.15, -0.1) is 21.9 Å². The number of carbonyl (C=O) groups is 1. The molecular weight excluding hydrogens is 985 g/mol. The zero-order valence-electron chi connectivity index (χ0n) is 33.8. The number of aryl methyl sites for hydroxylation is 3. The molecule has 68 heavy (non-hydrogen) atoms. The lowest BCUT2D eigenvalue weighted by atomic mass is 9.12. The number of hydrogen-bond donors (Lipinski definition) is 0. The molecule has 0 amide bonds. The van der Waals surface area contributed by atoms with E-state index in [4.69, 9.17) is 5.53 Å². The van der Waals surface area contributed by atoms with Crippen LogP contribution in [0.15, 0.2) is 52.5 Å². The molecular formula is C42H20BF20N3OS. The molecule has 6 rings (SSSR count). The van der Waals surface area contributed by atoms with Crippen LogP contribution in [0.25, 0.3) is 10.4 Å². The molecule has 0 saturated heterocycles. The van der Waals surface area contributed by atoms with Gasteiger partial charge in [0.2, 0.25) is 5.78 Å². The minimum atomic E-state index is -7.22. The van der Waals surface area contributed by atoms with E-state index in [9.17, 15) is 57.5 Å². The molecule has 0 fully saturated rings. The van der Waals surface area contributed by atoms with Crippen molar-refractivity contribution in [2.45, 2.75) is 25.7 Å². The third-order valence-corrected chi connectivity index (χ3v) is 12.5. The van der Waals surface area contributed by atoms with Gasteiger partial charge >= 0.3 is 0 Å². The van der Waals surface area contributed by atoms with E-state index in [1.54, 1.807) is 0 Å². The Morgan fingerprint density at radius 3 is 1.00 bits per heavy atom. The summed E-state index contributed by atoms with van der Waals surface area (Å²) in [7, 11) is -0.420. The lowest BCUT2D eigenvalue weighted by molar-refractivity contribution is 0.102. The first-order valence-electron chi connectivity index (χ1n) is 18.3. The highest BCUT2D eigenvalue weighted by atomic mass is 32.2. The fourth-order valence-electron chi connectivity index (χ4n) is 7.64. The number of azide groups is 1. The van der Waals surface area contributed by atoms with Crippen molar-refractivity contribution in [3.63, 3.8) is 0 Å². The van der Waals surface area contributed by atoms with Crippen LogP contribution < -0.4 is 21.9 Å². The van der Waals surface area contributed by atoms with E-state index < -0.39 is 155 Å². The Morgan fingerprint density at radius 1 is 0.471 bits per heavy atom. The first-order chi connectivity index (χ1) is 31.7. The summed E-state index contributed by atoms with van der Waals surface area (Å²) in [6, 6.07) is 13.5. The van der Waals surface area contributed by atoms with Crippen molar-refractivity contribution in [3.8, 4) is 0 Å². The number of hydrogen-bond acceptors (Lipinski definition) is 2. The van der Waals surface area contributed by atoms with Crippen LogP contribution in [-0.4, -0.2) is 23.6 Å². The second-order valence-corrected chi connectivity index (χ2v) is 16.3. The molecule has 0 N–H and O–H groups in total. The molecule has 1 atom stereocenters. The molecule has 358 valence electrons. The number of Topliss-reactive ketones (excluding diaryl/α,β-unsaturated/α-hetero) is 1. The van der Waals surface area contributed by atoms with Gasteiger partial charge < -0.3 is 0 Å². The number of halogens is 20. The lowest BCUT2D eigenvalue weighted by Gasteiger charge is -2.44. The molecule has 4 nitrogen and oxygen atoms in total. The van der Waals surface area contributed by atoms with Crippen LogP contribution in [-0.2, 0) is 10.9 Å². The van der Waals surface area contributed by atoms with Crippen LogP contribution in [0.3, 0.4) is 0 Å². The van der Waals surface area contributed by atoms with E-state index in [0.29, 0.717) is 17.2 Å². The maximum absolute atomic E-state index is 15.4. The van der Waals surface area contributed by atoms with Gasteiger partial charge in [-0.1, -0.05) is 48.0 Å². The average Bonchev–Trinajstić information content (AvgIpc) is 3.30. The van der Waals surface area contributed by atoms with Crippen molar-refractivity contribution >= 4 is 44.7 Å². The summed E-state index contributed by atoms with van der Waals surface area (Å²) in [5.74, 6) is -70.6. The van der Waals surface area contributed by atoms with Crippen molar-refractivity contribution in [1.29, 1.82) is 0 Å². The molecule has 6 aromatic rings. The second-order valence-electron chi connectivity index (χ2n) is 14.3. The van der Waals surface area contributed by atoms with Gasteiger partial charge in [0.25, 0.3) is 0 Å². The van der Waals surface area contributed by atoms with E-state index >= 15 is 35.1 Å². The Balaban J connectivity index is 0.000000314. The van der Waals surface area contributed by atoms with Crippen molar-refractivity contribution in [2.75, 3.05) is 11.6 Å². The van der Waals surface area contributed by atoms with Crippen LogP contribution in [0.1, 0.15) is 27.0 Å². The standard InChI is InChI=1S/C24BF20.C18H20N3OS/c26-5-1(6(27)14(35)21(42)13(5)34)25(2-7(28)15(36)22(43)16(37)8(2)29,3-9(30)17(38)23(44)18(39)10(3)31)4-11(32)19(40)24(45)20(41)12(4)33;1-13-9-14(2)18(15(3)10-13)23(12-20-21-19)11-17(22)16-7-5-4-6-8-16/h;4-10H,11-12H2,1-3H3/q-1;+1. The third-order valence-electron chi connectivity index (χ3n) is 10.3. The summed E-state index contributed by atoms with van der Waals surface area (Å²) in [5, 5.41) is 3.74. The number of benzene rings is 6. The Morgan fingerprint density at radius 2 is 0.735 bits per heavy atom. The Kier molecular flexibility index (Phi) is 15.3. The Bertz CT molecular complexity index is 2690. The Labute approximate surface area is 370 Å². The largest absolute Gasteiger partial charge is 0.289 e. The monoisotopic (exact) mass is 1010 g/mol. The molecule has 6 aromatic carbocycles. The summed E-state index contributed by atoms with van der Waals surface area (Å²) >= 11 is 0. The minimum absolute atomic E-state index is 0.0847. The van der Waals surface area contributed by atoms with Crippen molar-refractivity contribution in [3.05, 3.63) is 192 Å². The van der Waals surface area contributed by atoms with Crippen LogP contribution in [0.5, 0.6) is 0 Å². The molecule has 0 spiro atoms. The van der Waals surface area contributed by atoms with Gasteiger partial charge in [0, 0.05) is 32.5 Å². The zero-order chi connectivity index (χ0) is 51.2. The quantitative estimate of drug-likeness (QED) is 0.0155. The molecule has 0 radical (unpaired) electrons. The van der Waals surface area contributed by atoms with Crippen molar-refractivity contribution in [2.24, 2.45) is 5.11 Å². The van der Waals surface area contributed by atoms with Crippen LogP contribution in [0.2, 0.25) is 0 Å². The fourth-order valence-corrected chi connectivity index (χ4v) is 9.71. The maximum Gasteiger partial charge on any atom is 0.212 e. The molecule has 26 heteroatoms. The van der Waals surface area contributed by atoms with Gasteiger partial charge in [-0.3, -0.25) is 4.79 Å². The van der Waals surface area contributed by atoms with Crippen molar-refractivity contribution in [1.82, 2.24) is 0 Å². The van der Waals surface area contributed by atoms with Crippen LogP contribution in [0.4, 0.5) is 87.8 Å². The normalized spacial score (nSPS) is 11.9. The van der Waals surface area contributed by atoms with E-state index in [0.717, 1.165) is 16.0 Å². The van der Waals surface area contributed by atoms with Crippen LogP contribution >= 0.6 is 0 Å². The second kappa shape index (κ2) is 19.9. The lowest BCUT2D eigenvalue weighted by Crippen LogP contribution is -2.81. The highest BCUT2D eigenvalue weighted by Crippen LogP contribution is 2.31. The summed E-state index contributed by atoms with van der Waals surface area (Å²) in [6.07, 6.45) is -7.22. The summed E-state index contributed by atoms with van der Waals surface area (Å²) in [6.45, 7) is 6.17. The Hall–Kier alpha value is -6.69. The van der Waals surface area contributed by atoms with Gasteiger partial charge in [0.15, 0.2) is 86.3 Å². The molecule has 0 saturated carbocycles. The van der Waals surface area contributed by atoms with Crippen LogP contribution in [0, 0.1) is 137 Å². The van der Waals surface area contributed by atoms with Gasteiger partial charge in [-0.25, -0.2) is 87.8 Å². The first-order valence-corrected chi connectivity index (χ1v) is 19.9. The summed E-state index contributed by atoms with van der Waals surface area (Å²) in [4.78, 5) is 16.6. The highest BCUT2D eigenvalue weighted by molar-refractivity contribution is 7.97. The highest BCUT2D eigenvalue weighted by Gasteiger charge is 2.52.